The highest BCUT2D eigenvalue weighted by Gasteiger charge is 2.25. The Morgan fingerprint density at radius 3 is 2.81 bits per heavy atom. The molecule has 0 saturated carbocycles. The Kier molecular flexibility index (Phi) is 8.24. The third kappa shape index (κ3) is 4.93. The van der Waals surface area contributed by atoms with E-state index in [9.17, 15) is 4.79 Å². The zero-order valence-corrected chi connectivity index (χ0v) is 12.0. The molecule has 0 aromatic rings. The van der Waals surface area contributed by atoms with Gasteiger partial charge in [0, 0.05) is 37.1 Å². The van der Waals surface area contributed by atoms with E-state index in [1.807, 2.05) is 23.7 Å². The number of carbonyl (C=O) groups is 1. The number of halogens is 1. The Bertz CT molecular complexity index is 214. The van der Waals surface area contributed by atoms with Crippen molar-refractivity contribution in [2.75, 3.05) is 32.4 Å². The summed E-state index contributed by atoms with van der Waals surface area (Å²) in [6.07, 6.45) is 0.631. The fraction of sp³-hybridized carbons (Fsp3) is 0.909. The standard InChI is InChI=1S/C11H22N2OS.ClH/c1-9(2)10-8-13(6-7-15-10)11(14)4-5-12-3;/h9-10,12H,4-8H2,1-3H3;1H. The molecule has 1 rings (SSSR count). The van der Waals surface area contributed by atoms with Gasteiger partial charge in [0.05, 0.1) is 0 Å². The predicted molar refractivity (Wildman–Crippen MR) is 73.5 cm³/mol. The number of hydrogen-bond donors (Lipinski definition) is 1. The fourth-order valence-electron chi connectivity index (χ4n) is 1.70. The lowest BCUT2D eigenvalue weighted by Crippen LogP contribution is -2.44. The van der Waals surface area contributed by atoms with Crippen molar-refractivity contribution in [2.24, 2.45) is 5.92 Å². The summed E-state index contributed by atoms with van der Waals surface area (Å²) in [5.41, 5.74) is 0. The highest BCUT2D eigenvalue weighted by atomic mass is 35.5. The number of rotatable bonds is 4. The molecule has 1 atom stereocenters. The molecule has 1 fully saturated rings. The minimum Gasteiger partial charge on any atom is -0.341 e. The smallest absolute Gasteiger partial charge is 0.223 e. The number of hydrogen-bond acceptors (Lipinski definition) is 3. The van der Waals surface area contributed by atoms with E-state index in [1.54, 1.807) is 0 Å². The van der Waals surface area contributed by atoms with Crippen molar-refractivity contribution in [1.29, 1.82) is 0 Å². The molecular weight excluding hydrogens is 244 g/mol. The first-order chi connectivity index (χ1) is 7.15. The second-order valence-corrected chi connectivity index (χ2v) is 5.69. The van der Waals surface area contributed by atoms with Crippen LogP contribution in [0.3, 0.4) is 0 Å². The van der Waals surface area contributed by atoms with Crippen molar-refractivity contribution in [3.8, 4) is 0 Å². The molecule has 1 saturated heterocycles. The molecule has 96 valence electrons. The molecule has 0 bridgehead atoms. The lowest BCUT2D eigenvalue weighted by atomic mass is 10.1. The van der Waals surface area contributed by atoms with Crippen LogP contribution in [0.15, 0.2) is 0 Å². The molecule has 0 aromatic heterocycles. The number of carbonyl (C=O) groups excluding carboxylic acids is 1. The minimum absolute atomic E-state index is 0. The molecule has 1 aliphatic heterocycles. The summed E-state index contributed by atoms with van der Waals surface area (Å²) in [6.45, 7) is 7.12. The topological polar surface area (TPSA) is 32.3 Å². The van der Waals surface area contributed by atoms with Gasteiger partial charge >= 0.3 is 0 Å². The molecule has 1 heterocycles. The largest absolute Gasteiger partial charge is 0.341 e. The number of thioether (sulfide) groups is 1. The van der Waals surface area contributed by atoms with Gasteiger partial charge in [-0.2, -0.15) is 11.8 Å². The molecule has 1 amide bonds. The van der Waals surface area contributed by atoms with Gasteiger partial charge in [-0.15, -0.1) is 12.4 Å². The van der Waals surface area contributed by atoms with E-state index < -0.39 is 0 Å². The Balaban J connectivity index is 0.00000225. The zero-order chi connectivity index (χ0) is 11.3. The van der Waals surface area contributed by atoms with E-state index in [4.69, 9.17) is 0 Å². The molecule has 5 heteroatoms. The summed E-state index contributed by atoms with van der Waals surface area (Å²) in [6, 6.07) is 0. The molecule has 0 aliphatic carbocycles. The van der Waals surface area contributed by atoms with E-state index in [0.29, 0.717) is 23.5 Å². The number of amides is 1. The van der Waals surface area contributed by atoms with E-state index in [0.717, 1.165) is 25.4 Å². The van der Waals surface area contributed by atoms with Crippen LogP contribution in [-0.4, -0.2) is 48.5 Å². The molecule has 16 heavy (non-hydrogen) atoms. The van der Waals surface area contributed by atoms with Crippen molar-refractivity contribution < 1.29 is 4.79 Å². The van der Waals surface area contributed by atoms with Crippen LogP contribution < -0.4 is 5.32 Å². The average molecular weight is 267 g/mol. The van der Waals surface area contributed by atoms with Crippen molar-refractivity contribution >= 4 is 30.1 Å². The Hall–Kier alpha value is 0.0700. The minimum atomic E-state index is 0. The van der Waals surface area contributed by atoms with Crippen LogP contribution in [0, 0.1) is 5.92 Å². The van der Waals surface area contributed by atoms with E-state index in [-0.39, 0.29) is 12.4 Å². The molecule has 1 unspecified atom stereocenters. The summed E-state index contributed by atoms with van der Waals surface area (Å²) < 4.78 is 0. The Morgan fingerprint density at radius 1 is 1.56 bits per heavy atom. The Labute approximate surface area is 109 Å². The van der Waals surface area contributed by atoms with Gasteiger partial charge < -0.3 is 10.2 Å². The average Bonchev–Trinajstić information content (AvgIpc) is 2.26. The van der Waals surface area contributed by atoms with Crippen LogP contribution in [0.4, 0.5) is 0 Å². The van der Waals surface area contributed by atoms with Gasteiger partial charge in [-0.1, -0.05) is 13.8 Å². The number of nitrogens with zero attached hydrogens (tertiary/aromatic N) is 1. The van der Waals surface area contributed by atoms with Gasteiger partial charge in [0.25, 0.3) is 0 Å². The third-order valence-electron chi connectivity index (χ3n) is 2.78. The summed E-state index contributed by atoms with van der Waals surface area (Å²) >= 11 is 2.01. The van der Waals surface area contributed by atoms with Gasteiger partial charge in [0.15, 0.2) is 0 Å². The van der Waals surface area contributed by atoms with Crippen LogP contribution >= 0.6 is 24.2 Å². The fourth-order valence-corrected chi connectivity index (χ4v) is 2.99. The first-order valence-electron chi connectivity index (χ1n) is 5.69. The molecule has 1 N–H and O–H groups in total. The first-order valence-corrected chi connectivity index (χ1v) is 6.74. The van der Waals surface area contributed by atoms with Gasteiger partial charge in [-0.3, -0.25) is 4.79 Å². The maximum Gasteiger partial charge on any atom is 0.223 e. The predicted octanol–water partition coefficient (Wildman–Crippen LogP) is 1.62. The first kappa shape index (κ1) is 16.1. The summed E-state index contributed by atoms with van der Waals surface area (Å²) in [5, 5.41) is 3.64. The lowest BCUT2D eigenvalue weighted by molar-refractivity contribution is -0.131. The lowest BCUT2D eigenvalue weighted by Gasteiger charge is -2.34. The van der Waals surface area contributed by atoms with Gasteiger partial charge in [0.2, 0.25) is 5.91 Å². The van der Waals surface area contributed by atoms with Crippen LogP contribution in [0.25, 0.3) is 0 Å². The second-order valence-electron chi connectivity index (χ2n) is 4.35. The SMILES string of the molecule is CNCCC(=O)N1CCSC(C(C)C)C1.Cl. The molecule has 1 aliphatic rings. The van der Waals surface area contributed by atoms with Crippen LogP contribution in [0.2, 0.25) is 0 Å². The monoisotopic (exact) mass is 266 g/mol. The quantitative estimate of drug-likeness (QED) is 0.839. The van der Waals surface area contributed by atoms with Crippen molar-refractivity contribution in [1.82, 2.24) is 10.2 Å². The van der Waals surface area contributed by atoms with Crippen LogP contribution in [-0.2, 0) is 4.79 Å². The van der Waals surface area contributed by atoms with E-state index in [2.05, 4.69) is 19.2 Å². The molecule has 0 aromatic carbocycles. The molecule has 0 radical (unpaired) electrons. The maximum absolute atomic E-state index is 11.8. The maximum atomic E-state index is 11.8. The highest BCUT2D eigenvalue weighted by Crippen LogP contribution is 2.25. The zero-order valence-electron chi connectivity index (χ0n) is 10.4. The van der Waals surface area contributed by atoms with Gasteiger partial charge in [-0.05, 0) is 13.0 Å². The van der Waals surface area contributed by atoms with Gasteiger partial charge in [-0.25, -0.2) is 0 Å². The molecule has 0 spiro atoms. The van der Waals surface area contributed by atoms with Crippen LogP contribution in [0.1, 0.15) is 20.3 Å². The Morgan fingerprint density at radius 2 is 2.25 bits per heavy atom. The third-order valence-corrected chi connectivity index (χ3v) is 4.32. The second kappa shape index (κ2) is 8.20. The molecule has 3 nitrogen and oxygen atoms in total. The molecular formula is C11H23ClN2OS. The van der Waals surface area contributed by atoms with E-state index in [1.165, 1.54) is 0 Å². The van der Waals surface area contributed by atoms with Gasteiger partial charge in [0.1, 0.15) is 0 Å². The normalized spacial score (nSPS) is 20.8. The summed E-state index contributed by atoms with van der Waals surface area (Å²) in [4.78, 5) is 13.8. The van der Waals surface area contributed by atoms with Crippen molar-refractivity contribution in [2.45, 2.75) is 25.5 Å². The van der Waals surface area contributed by atoms with Crippen molar-refractivity contribution in [3.63, 3.8) is 0 Å². The summed E-state index contributed by atoms with van der Waals surface area (Å²) in [7, 11) is 1.89. The number of nitrogens with one attached hydrogen (secondary N) is 1. The van der Waals surface area contributed by atoms with E-state index >= 15 is 0 Å². The highest BCUT2D eigenvalue weighted by molar-refractivity contribution is 8.00. The summed E-state index contributed by atoms with van der Waals surface area (Å²) in [5.74, 6) is 2.05. The van der Waals surface area contributed by atoms with Crippen molar-refractivity contribution in [3.05, 3.63) is 0 Å². The van der Waals surface area contributed by atoms with Crippen LogP contribution in [0.5, 0.6) is 0 Å².